The zero-order valence-electron chi connectivity index (χ0n) is 22.6. The number of nitrogens with zero attached hydrogens (tertiary/aromatic N) is 5. The van der Waals surface area contributed by atoms with E-state index in [2.05, 4.69) is 10.3 Å². The predicted octanol–water partition coefficient (Wildman–Crippen LogP) is 6.43. The molecule has 1 N–H and O–H groups in total. The van der Waals surface area contributed by atoms with Crippen LogP contribution in [0, 0.1) is 17.1 Å². The van der Waals surface area contributed by atoms with Crippen LogP contribution in [0.4, 0.5) is 45.1 Å². The van der Waals surface area contributed by atoms with E-state index < -0.39 is 40.6 Å². The summed E-state index contributed by atoms with van der Waals surface area (Å²) in [6.45, 7) is 2.92. The molecule has 212 valence electrons. The molecule has 0 saturated carbocycles. The number of benzene rings is 3. The fourth-order valence-electron chi connectivity index (χ4n) is 4.31. The van der Waals surface area contributed by atoms with Gasteiger partial charge < -0.3 is 15.1 Å². The molecule has 1 aliphatic heterocycles. The standard InChI is InChI=1S/C29H26F4N6O2/c1-28(2)26(40)39(21-11-9-18(15-34)22(14-21)29(31,32)33)27(41)38(28)16-19-7-5-6-8-24(19)36-20-10-12-25(23(30)13-20)35-17-37(3)4/h5-14,17,36H,16H2,1-4H3. The summed E-state index contributed by atoms with van der Waals surface area (Å²) in [5.41, 5.74) is -1.88. The summed E-state index contributed by atoms with van der Waals surface area (Å²) < 4.78 is 55.3. The molecule has 0 unspecified atom stereocenters. The number of urea groups is 1. The summed E-state index contributed by atoms with van der Waals surface area (Å²) in [5, 5.41) is 12.2. The lowest BCUT2D eigenvalue weighted by Crippen LogP contribution is -2.43. The van der Waals surface area contributed by atoms with Crippen molar-refractivity contribution in [2.75, 3.05) is 24.3 Å². The van der Waals surface area contributed by atoms with Gasteiger partial charge in [-0.25, -0.2) is 19.1 Å². The second-order valence-corrected chi connectivity index (χ2v) is 10.1. The summed E-state index contributed by atoms with van der Waals surface area (Å²) >= 11 is 0. The Hall–Kier alpha value is -4.92. The lowest BCUT2D eigenvalue weighted by atomic mass is 10.0. The molecule has 0 bridgehead atoms. The van der Waals surface area contributed by atoms with E-state index in [0.29, 0.717) is 27.9 Å². The number of halogens is 4. The smallest absolute Gasteiger partial charge is 0.369 e. The Morgan fingerprint density at radius 2 is 1.78 bits per heavy atom. The maximum atomic E-state index is 14.6. The van der Waals surface area contributed by atoms with Crippen molar-refractivity contribution in [2.45, 2.75) is 32.1 Å². The molecule has 12 heteroatoms. The highest BCUT2D eigenvalue weighted by Crippen LogP contribution is 2.39. The number of hydrogen-bond acceptors (Lipinski definition) is 5. The number of nitrogens with one attached hydrogen (secondary N) is 1. The van der Waals surface area contributed by atoms with Gasteiger partial charge in [0.15, 0.2) is 5.82 Å². The molecule has 1 fully saturated rings. The van der Waals surface area contributed by atoms with Crippen molar-refractivity contribution in [1.82, 2.24) is 9.80 Å². The first-order valence-corrected chi connectivity index (χ1v) is 12.4. The van der Waals surface area contributed by atoms with Gasteiger partial charge >= 0.3 is 12.2 Å². The number of amides is 3. The second kappa shape index (κ2) is 10.9. The summed E-state index contributed by atoms with van der Waals surface area (Å²) in [6, 6.07) is 14.7. The molecule has 0 aromatic heterocycles. The molecule has 1 saturated heterocycles. The number of para-hydroxylation sites is 1. The number of carbonyl (C=O) groups is 2. The third kappa shape index (κ3) is 5.84. The van der Waals surface area contributed by atoms with Crippen LogP contribution < -0.4 is 10.2 Å². The molecule has 41 heavy (non-hydrogen) atoms. The molecule has 0 spiro atoms. The van der Waals surface area contributed by atoms with Gasteiger partial charge in [-0.15, -0.1) is 0 Å². The largest absolute Gasteiger partial charge is 0.417 e. The van der Waals surface area contributed by atoms with E-state index >= 15 is 0 Å². The first kappa shape index (κ1) is 29.1. The van der Waals surface area contributed by atoms with Crippen LogP contribution in [0.15, 0.2) is 65.7 Å². The van der Waals surface area contributed by atoms with Crippen LogP contribution in [0.2, 0.25) is 0 Å². The second-order valence-electron chi connectivity index (χ2n) is 10.1. The van der Waals surface area contributed by atoms with Crippen molar-refractivity contribution in [3.8, 4) is 6.07 Å². The van der Waals surface area contributed by atoms with Gasteiger partial charge in [0.25, 0.3) is 5.91 Å². The molecule has 3 aromatic rings. The van der Waals surface area contributed by atoms with Gasteiger partial charge in [-0.2, -0.15) is 18.4 Å². The minimum Gasteiger partial charge on any atom is -0.369 e. The average molecular weight is 567 g/mol. The van der Waals surface area contributed by atoms with Crippen molar-refractivity contribution in [2.24, 2.45) is 4.99 Å². The monoisotopic (exact) mass is 566 g/mol. The van der Waals surface area contributed by atoms with Crippen LogP contribution in [0.5, 0.6) is 0 Å². The Kier molecular flexibility index (Phi) is 7.74. The number of anilines is 3. The number of aliphatic imine (C=N–C) groups is 1. The first-order chi connectivity index (χ1) is 19.2. The topological polar surface area (TPSA) is 92.0 Å². The lowest BCUT2D eigenvalue weighted by Gasteiger charge is -2.28. The van der Waals surface area contributed by atoms with E-state index in [-0.39, 0.29) is 17.9 Å². The van der Waals surface area contributed by atoms with Crippen LogP contribution in [0.1, 0.15) is 30.5 Å². The fourth-order valence-corrected chi connectivity index (χ4v) is 4.31. The third-order valence-corrected chi connectivity index (χ3v) is 6.51. The first-order valence-electron chi connectivity index (χ1n) is 12.4. The average Bonchev–Trinajstić information content (AvgIpc) is 3.07. The van der Waals surface area contributed by atoms with Gasteiger partial charge in [-0.1, -0.05) is 18.2 Å². The van der Waals surface area contributed by atoms with E-state index in [9.17, 15) is 27.2 Å². The Bertz CT molecular complexity index is 1580. The predicted molar refractivity (Wildman–Crippen MR) is 147 cm³/mol. The van der Waals surface area contributed by atoms with Crippen LogP contribution in [0.3, 0.4) is 0 Å². The Balaban J connectivity index is 1.63. The molecule has 3 aromatic carbocycles. The highest BCUT2D eigenvalue weighted by Gasteiger charge is 2.52. The minimum absolute atomic E-state index is 0.0760. The molecule has 4 rings (SSSR count). The number of nitriles is 1. The van der Waals surface area contributed by atoms with Crippen LogP contribution in [-0.2, 0) is 17.5 Å². The number of imide groups is 1. The van der Waals surface area contributed by atoms with E-state index in [0.717, 1.165) is 12.1 Å². The van der Waals surface area contributed by atoms with Crippen molar-refractivity contribution in [3.63, 3.8) is 0 Å². The number of alkyl halides is 3. The zero-order chi connectivity index (χ0) is 30.1. The van der Waals surface area contributed by atoms with E-state index in [4.69, 9.17) is 5.26 Å². The molecule has 1 heterocycles. The van der Waals surface area contributed by atoms with Crippen LogP contribution in [0.25, 0.3) is 0 Å². The lowest BCUT2D eigenvalue weighted by molar-refractivity contribution is -0.137. The number of carbonyl (C=O) groups excluding carboxylic acids is 2. The molecule has 8 nitrogen and oxygen atoms in total. The molecule has 3 amide bonds. The normalized spacial score (nSPS) is 15.0. The van der Waals surface area contributed by atoms with Crippen molar-refractivity contribution in [1.29, 1.82) is 5.26 Å². The maximum absolute atomic E-state index is 14.6. The van der Waals surface area contributed by atoms with E-state index in [1.165, 1.54) is 43.3 Å². The van der Waals surface area contributed by atoms with Crippen molar-refractivity contribution in [3.05, 3.63) is 83.2 Å². The summed E-state index contributed by atoms with van der Waals surface area (Å²) in [4.78, 5) is 34.5. The Morgan fingerprint density at radius 1 is 1.07 bits per heavy atom. The Morgan fingerprint density at radius 3 is 2.41 bits per heavy atom. The van der Waals surface area contributed by atoms with Crippen LogP contribution >= 0.6 is 0 Å². The summed E-state index contributed by atoms with van der Waals surface area (Å²) in [6.07, 6.45) is -3.38. The molecule has 0 atom stereocenters. The molecule has 0 aliphatic carbocycles. The van der Waals surface area contributed by atoms with Gasteiger partial charge in [0.05, 0.1) is 35.8 Å². The highest BCUT2D eigenvalue weighted by atomic mass is 19.4. The van der Waals surface area contributed by atoms with Crippen LogP contribution in [-0.4, -0.2) is 47.7 Å². The van der Waals surface area contributed by atoms with Gasteiger partial charge in [0.1, 0.15) is 11.2 Å². The Labute approximate surface area is 234 Å². The summed E-state index contributed by atoms with van der Waals surface area (Å²) in [5.74, 6) is -1.27. The molecular formula is C29H26F4N6O2. The third-order valence-electron chi connectivity index (χ3n) is 6.51. The molecule has 0 radical (unpaired) electrons. The molecule has 1 aliphatic rings. The quantitative estimate of drug-likeness (QED) is 0.154. The summed E-state index contributed by atoms with van der Waals surface area (Å²) in [7, 11) is 3.52. The minimum atomic E-state index is -4.86. The van der Waals surface area contributed by atoms with Gasteiger partial charge in [0.2, 0.25) is 0 Å². The molecular weight excluding hydrogens is 540 g/mol. The number of rotatable bonds is 7. The van der Waals surface area contributed by atoms with Gasteiger partial charge in [-0.05, 0) is 61.9 Å². The number of hydrogen-bond donors (Lipinski definition) is 1. The van der Waals surface area contributed by atoms with E-state index in [1.807, 2.05) is 0 Å². The van der Waals surface area contributed by atoms with Crippen molar-refractivity contribution >= 4 is 41.0 Å². The fraction of sp³-hybridized carbons (Fsp3) is 0.241. The zero-order valence-corrected chi connectivity index (χ0v) is 22.6. The van der Waals surface area contributed by atoms with Gasteiger partial charge in [-0.3, -0.25) is 4.79 Å². The van der Waals surface area contributed by atoms with E-state index in [1.54, 1.807) is 49.3 Å². The SMILES string of the molecule is CN(C)C=Nc1ccc(Nc2ccccc2CN2C(=O)N(c3ccc(C#N)c(C(F)(F)F)c3)C(=O)C2(C)C)cc1F. The maximum Gasteiger partial charge on any atom is 0.417 e. The van der Waals surface area contributed by atoms with Gasteiger partial charge in [0, 0.05) is 25.5 Å². The van der Waals surface area contributed by atoms with Crippen molar-refractivity contribution < 1.29 is 27.2 Å². The highest BCUT2D eigenvalue weighted by molar-refractivity contribution is 6.23.